The molecule has 1 aliphatic rings. The zero-order valence-electron chi connectivity index (χ0n) is 20.7. The number of furan rings is 1. The van der Waals surface area contributed by atoms with Gasteiger partial charge < -0.3 is 19.6 Å². The molecule has 2 heterocycles. The Balaban J connectivity index is 1.49. The summed E-state index contributed by atoms with van der Waals surface area (Å²) in [5.41, 5.74) is 2.86. The first-order chi connectivity index (χ1) is 17.6. The lowest BCUT2D eigenvalue weighted by Gasteiger charge is -2.32. The molecule has 0 aliphatic heterocycles. The molecule has 186 valence electrons. The smallest absolute Gasteiger partial charge is 0.250 e. The monoisotopic (exact) mass is 483 g/mol. The van der Waals surface area contributed by atoms with Crippen molar-refractivity contribution in [2.45, 2.75) is 64.1 Å². The van der Waals surface area contributed by atoms with Gasteiger partial charge in [0, 0.05) is 29.7 Å². The third-order valence-electron chi connectivity index (χ3n) is 7.07. The number of aromatic nitrogens is 1. The minimum absolute atomic E-state index is 0.124. The quantitative estimate of drug-likeness (QED) is 0.331. The number of hydrogen-bond acceptors (Lipinski definition) is 3. The van der Waals surface area contributed by atoms with Gasteiger partial charge in [-0.3, -0.25) is 9.59 Å². The van der Waals surface area contributed by atoms with Crippen LogP contribution in [0.5, 0.6) is 0 Å². The van der Waals surface area contributed by atoms with Crippen LogP contribution in [-0.2, 0) is 22.6 Å². The molecule has 1 aliphatic carbocycles. The predicted molar refractivity (Wildman–Crippen MR) is 140 cm³/mol. The normalized spacial score (nSPS) is 15.0. The van der Waals surface area contributed by atoms with Gasteiger partial charge in [-0.05, 0) is 49.1 Å². The van der Waals surface area contributed by atoms with Gasteiger partial charge in [0.25, 0.3) is 5.91 Å². The summed E-state index contributed by atoms with van der Waals surface area (Å²) in [4.78, 5) is 32.7. The van der Waals surface area contributed by atoms with E-state index in [9.17, 15) is 9.59 Å². The van der Waals surface area contributed by atoms with Crippen molar-refractivity contribution >= 4 is 22.7 Å². The summed E-state index contributed by atoms with van der Waals surface area (Å²) in [7, 11) is 0. The van der Waals surface area contributed by atoms with Crippen LogP contribution in [-0.4, -0.2) is 27.7 Å². The Kier molecular flexibility index (Phi) is 7.21. The molecule has 1 fully saturated rings. The molecule has 0 bridgehead atoms. The highest BCUT2D eigenvalue weighted by atomic mass is 16.3. The topological polar surface area (TPSA) is 78.3 Å². The van der Waals surface area contributed by atoms with Crippen LogP contribution in [0.25, 0.3) is 10.9 Å². The maximum atomic E-state index is 14.0. The summed E-state index contributed by atoms with van der Waals surface area (Å²) < 4.78 is 5.97. The van der Waals surface area contributed by atoms with Crippen LogP contribution in [0.1, 0.15) is 60.8 Å². The van der Waals surface area contributed by atoms with E-state index in [1.807, 2.05) is 79.9 Å². The van der Waals surface area contributed by atoms with Gasteiger partial charge in [-0.15, -0.1) is 0 Å². The Morgan fingerprint density at radius 2 is 1.75 bits per heavy atom. The number of hydrogen-bond donors (Lipinski definition) is 2. The summed E-state index contributed by atoms with van der Waals surface area (Å²) in [6, 6.07) is 20.7. The number of H-pyrrole nitrogens is 1. The first-order valence-electron chi connectivity index (χ1n) is 12.8. The van der Waals surface area contributed by atoms with E-state index in [1.54, 1.807) is 4.90 Å². The number of para-hydroxylation sites is 1. The molecule has 6 heteroatoms. The van der Waals surface area contributed by atoms with Gasteiger partial charge in [-0.1, -0.05) is 67.8 Å². The fourth-order valence-corrected chi connectivity index (χ4v) is 5.20. The number of nitrogens with zero attached hydrogens (tertiary/aromatic N) is 1. The Morgan fingerprint density at radius 3 is 2.50 bits per heavy atom. The highest BCUT2D eigenvalue weighted by molar-refractivity contribution is 5.92. The number of amides is 2. The molecule has 0 unspecified atom stereocenters. The fraction of sp³-hybridized carbons (Fsp3) is 0.333. The summed E-state index contributed by atoms with van der Waals surface area (Å²) >= 11 is 0. The van der Waals surface area contributed by atoms with Gasteiger partial charge >= 0.3 is 0 Å². The number of aromatic amines is 1. The number of fused-ring (bicyclic) bond motifs is 1. The Hall–Kier alpha value is -3.80. The van der Waals surface area contributed by atoms with E-state index >= 15 is 0 Å². The molecule has 36 heavy (non-hydrogen) atoms. The number of aryl methyl sites for hydroxylation is 1. The second-order valence-corrected chi connectivity index (χ2v) is 9.74. The minimum atomic E-state index is -0.849. The number of rotatable bonds is 8. The molecule has 0 saturated heterocycles. The van der Waals surface area contributed by atoms with Gasteiger partial charge in [-0.25, -0.2) is 0 Å². The second-order valence-electron chi connectivity index (χ2n) is 9.74. The standard InChI is InChI=1S/C30H33N3O3/c1-21-16-17-27(36-21)29(30(35)32-24-12-6-3-7-13-24)33(20-22-10-4-2-5-11-22)28(34)18-23-19-31-26-15-9-8-14-25(23)26/h2,4-5,8-11,14-17,19,24,29,31H,3,6-7,12-13,18,20H2,1H3,(H,32,35)/t29-/m0/s1. The molecule has 4 aromatic rings. The summed E-state index contributed by atoms with van der Waals surface area (Å²) in [5, 5.41) is 4.25. The van der Waals surface area contributed by atoms with E-state index in [1.165, 1.54) is 6.42 Å². The van der Waals surface area contributed by atoms with Gasteiger partial charge in [0.05, 0.1) is 6.42 Å². The predicted octanol–water partition coefficient (Wildman–Crippen LogP) is 5.83. The average Bonchev–Trinajstić information content (AvgIpc) is 3.51. The maximum Gasteiger partial charge on any atom is 0.250 e. The third-order valence-corrected chi connectivity index (χ3v) is 7.07. The second kappa shape index (κ2) is 10.9. The van der Waals surface area contributed by atoms with E-state index in [0.717, 1.165) is 47.7 Å². The third kappa shape index (κ3) is 5.38. The number of carbonyl (C=O) groups is 2. The zero-order valence-corrected chi connectivity index (χ0v) is 20.7. The summed E-state index contributed by atoms with van der Waals surface area (Å²) in [5.74, 6) is 0.897. The number of nitrogens with one attached hydrogen (secondary N) is 2. The highest BCUT2D eigenvalue weighted by Crippen LogP contribution is 2.29. The molecule has 1 saturated carbocycles. The van der Waals surface area contributed by atoms with E-state index in [0.29, 0.717) is 18.1 Å². The molecule has 5 rings (SSSR count). The van der Waals surface area contributed by atoms with Crippen LogP contribution in [0.4, 0.5) is 0 Å². The average molecular weight is 484 g/mol. The Labute approximate surface area is 211 Å². The van der Waals surface area contributed by atoms with E-state index < -0.39 is 6.04 Å². The molecule has 6 nitrogen and oxygen atoms in total. The molecule has 0 spiro atoms. The van der Waals surface area contributed by atoms with Gasteiger partial charge in [0.2, 0.25) is 5.91 Å². The van der Waals surface area contributed by atoms with Crippen LogP contribution in [0.2, 0.25) is 0 Å². The molecule has 2 N–H and O–H groups in total. The van der Waals surface area contributed by atoms with Crippen molar-refractivity contribution in [2.24, 2.45) is 0 Å². The Bertz CT molecular complexity index is 1320. The molecule has 1 atom stereocenters. The van der Waals surface area contributed by atoms with Crippen LogP contribution < -0.4 is 5.32 Å². The van der Waals surface area contributed by atoms with Crippen LogP contribution >= 0.6 is 0 Å². The first kappa shape index (κ1) is 23.9. The van der Waals surface area contributed by atoms with Crippen molar-refractivity contribution in [3.05, 3.63) is 95.6 Å². The maximum absolute atomic E-state index is 14.0. The molecule has 2 aromatic heterocycles. The van der Waals surface area contributed by atoms with Crippen molar-refractivity contribution < 1.29 is 14.0 Å². The molecule has 2 aromatic carbocycles. The Morgan fingerprint density at radius 1 is 1.00 bits per heavy atom. The number of benzene rings is 2. The van der Waals surface area contributed by atoms with Crippen molar-refractivity contribution in [2.75, 3.05) is 0 Å². The SMILES string of the molecule is Cc1ccc([C@@H](C(=O)NC2CCCCC2)N(Cc2ccccc2)C(=O)Cc2c[nH]c3ccccc23)o1. The summed E-state index contributed by atoms with van der Waals surface area (Å²) in [6.07, 6.45) is 7.44. The van der Waals surface area contributed by atoms with Crippen molar-refractivity contribution in [3.8, 4) is 0 Å². The van der Waals surface area contributed by atoms with Crippen LogP contribution in [0.15, 0.2) is 77.3 Å². The zero-order chi connectivity index (χ0) is 24.9. The fourth-order valence-electron chi connectivity index (χ4n) is 5.20. The molecule has 0 radical (unpaired) electrons. The lowest BCUT2D eigenvalue weighted by molar-refractivity contribution is -0.142. The van der Waals surface area contributed by atoms with Gasteiger partial charge in [0.1, 0.15) is 11.5 Å². The summed E-state index contributed by atoms with van der Waals surface area (Å²) in [6.45, 7) is 2.17. The van der Waals surface area contributed by atoms with Crippen LogP contribution in [0.3, 0.4) is 0 Å². The van der Waals surface area contributed by atoms with Crippen LogP contribution in [0, 0.1) is 6.92 Å². The highest BCUT2D eigenvalue weighted by Gasteiger charge is 2.35. The molecular weight excluding hydrogens is 450 g/mol. The minimum Gasteiger partial charge on any atom is -0.464 e. The van der Waals surface area contributed by atoms with Crippen molar-refractivity contribution in [1.29, 1.82) is 0 Å². The van der Waals surface area contributed by atoms with E-state index in [4.69, 9.17) is 4.42 Å². The van der Waals surface area contributed by atoms with E-state index in [2.05, 4.69) is 10.3 Å². The lowest BCUT2D eigenvalue weighted by Crippen LogP contribution is -2.47. The van der Waals surface area contributed by atoms with E-state index in [-0.39, 0.29) is 24.3 Å². The molecular formula is C30H33N3O3. The van der Waals surface area contributed by atoms with Gasteiger partial charge in [-0.2, -0.15) is 0 Å². The van der Waals surface area contributed by atoms with Crippen molar-refractivity contribution in [3.63, 3.8) is 0 Å². The lowest BCUT2D eigenvalue weighted by atomic mass is 9.95. The molecule has 2 amide bonds. The number of carbonyl (C=O) groups excluding carboxylic acids is 2. The van der Waals surface area contributed by atoms with Crippen molar-refractivity contribution in [1.82, 2.24) is 15.2 Å². The van der Waals surface area contributed by atoms with Gasteiger partial charge in [0.15, 0.2) is 6.04 Å². The first-order valence-corrected chi connectivity index (χ1v) is 12.8. The largest absolute Gasteiger partial charge is 0.464 e.